The molecule has 6 nitrogen and oxygen atoms in total. The van der Waals surface area contributed by atoms with E-state index in [0.717, 1.165) is 6.07 Å². The Hall–Kier alpha value is -3.53. The quantitative estimate of drug-likeness (QED) is 0.689. The summed E-state index contributed by atoms with van der Waals surface area (Å²) in [4.78, 5) is 0. The van der Waals surface area contributed by atoms with E-state index >= 15 is 0 Å². The average molecular weight is 311 g/mol. The lowest BCUT2D eigenvalue weighted by atomic mass is 10.1. The Bertz CT molecular complexity index is 915. The first kappa shape index (κ1) is 14.4. The maximum Gasteiger partial charge on any atom is 0.173 e. The van der Waals surface area contributed by atoms with Crippen molar-refractivity contribution in [2.75, 3.05) is 0 Å². The molecule has 0 fully saturated rings. The zero-order valence-electron chi connectivity index (χ0n) is 11.6. The van der Waals surface area contributed by atoms with Crippen molar-refractivity contribution < 1.29 is 19.3 Å². The third kappa shape index (κ3) is 2.78. The van der Waals surface area contributed by atoms with Crippen molar-refractivity contribution >= 4 is 0 Å². The number of aromatic nitrogens is 2. The van der Waals surface area contributed by atoms with Gasteiger partial charge in [0.25, 0.3) is 0 Å². The van der Waals surface area contributed by atoms with Gasteiger partial charge in [-0.15, -0.1) is 0 Å². The predicted molar refractivity (Wildman–Crippen MR) is 78.5 cm³/mol. The lowest BCUT2D eigenvalue weighted by Crippen LogP contribution is -1.89. The van der Waals surface area contributed by atoms with Gasteiger partial charge < -0.3 is 14.9 Å². The van der Waals surface area contributed by atoms with E-state index in [9.17, 15) is 14.6 Å². The number of aromatic hydroxyl groups is 2. The molecule has 0 bridgehead atoms. The maximum atomic E-state index is 13.6. The number of benzene rings is 2. The second kappa shape index (κ2) is 5.69. The maximum absolute atomic E-state index is 13.6. The molecule has 0 aliphatic heterocycles. The molecule has 0 saturated heterocycles. The van der Waals surface area contributed by atoms with E-state index < -0.39 is 5.82 Å². The summed E-state index contributed by atoms with van der Waals surface area (Å²) in [6.07, 6.45) is 1.37. The summed E-state index contributed by atoms with van der Waals surface area (Å²) in [5.74, 6) is -0.493. The molecule has 114 valence electrons. The second-order valence-corrected chi connectivity index (χ2v) is 4.67. The lowest BCUT2D eigenvalue weighted by molar-refractivity contribution is 0.450. The highest BCUT2D eigenvalue weighted by molar-refractivity contribution is 5.72. The zero-order chi connectivity index (χ0) is 16.4. The van der Waals surface area contributed by atoms with Crippen molar-refractivity contribution in [1.29, 1.82) is 5.26 Å². The molecule has 0 spiro atoms. The van der Waals surface area contributed by atoms with Gasteiger partial charge in [0.2, 0.25) is 0 Å². The number of nitrogens with one attached hydrogen (secondary N) is 1. The molecule has 2 aromatic carbocycles. The van der Waals surface area contributed by atoms with Gasteiger partial charge in [-0.25, -0.2) is 4.39 Å². The van der Waals surface area contributed by atoms with Gasteiger partial charge in [-0.3, -0.25) is 5.10 Å². The number of H-pyrrole nitrogens is 1. The van der Waals surface area contributed by atoms with Gasteiger partial charge in [-0.05, 0) is 24.3 Å². The zero-order valence-corrected chi connectivity index (χ0v) is 11.6. The standard InChI is InChI=1S/C16H10FN3O3/c17-13-6-11(3-1-9(13)7-18)23-15-8-19-20-16(15)12-4-2-10(21)5-14(12)22/h1-6,8,21-22H,(H,19,20). The highest BCUT2D eigenvalue weighted by Gasteiger charge is 2.15. The third-order valence-corrected chi connectivity index (χ3v) is 3.14. The molecule has 3 rings (SSSR count). The minimum Gasteiger partial charge on any atom is -0.508 e. The Kier molecular flexibility index (Phi) is 3.57. The van der Waals surface area contributed by atoms with Gasteiger partial charge in [0.1, 0.15) is 34.8 Å². The number of rotatable bonds is 3. The van der Waals surface area contributed by atoms with Gasteiger partial charge >= 0.3 is 0 Å². The number of ether oxygens (including phenoxy) is 1. The lowest BCUT2D eigenvalue weighted by Gasteiger charge is -2.08. The number of halogens is 1. The smallest absolute Gasteiger partial charge is 0.173 e. The molecular formula is C16H10FN3O3. The van der Waals surface area contributed by atoms with Crippen LogP contribution in [0.15, 0.2) is 42.6 Å². The summed E-state index contributed by atoms with van der Waals surface area (Å²) in [6.45, 7) is 0. The SMILES string of the molecule is N#Cc1ccc(Oc2cn[nH]c2-c2ccc(O)cc2O)cc1F. The Labute approximate surface area is 130 Å². The van der Waals surface area contributed by atoms with E-state index in [2.05, 4.69) is 10.2 Å². The van der Waals surface area contributed by atoms with Crippen molar-refractivity contribution in [1.82, 2.24) is 10.2 Å². The summed E-state index contributed by atoms with van der Waals surface area (Å²) < 4.78 is 19.2. The van der Waals surface area contributed by atoms with Gasteiger partial charge in [0.15, 0.2) is 5.75 Å². The van der Waals surface area contributed by atoms with Gasteiger partial charge in [0.05, 0.1) is 11.8 Å². The number of nitriles is 1. The first-order valence-electron chi connectivity index (χ1n) is 6.51. The summed E-state index contributed by atoms with van der Waals surface area (Å²) in [5.41, 5.74) is 0.651. The predicted octanol–water partition coefficient (Wildman–Crippen LogP) is 3.29. The molecule has 0 radical (unpaired) electrons. The van der Waals surface area contributed by atoms with Crippen LogP contribution in [0.25, 0.3) is 11.3 Å². The van der Waals surface area contributed by atoms with Crippen LogP contribution in [0.4, 0.5) is 4.39 Å². The third-order valence-electron chi connectivity index (χ3n) is 3.14. The molecule has 0 unspecified atom stereocenters. The second-order valence-electron chi connectivity index (χ2n) is 4.67. The van der Waals surface area contributed by atoms with Gasteiger partial charge in [-0.1, -0.05) is 0 Å². The molecule has 0 aliphatic carbocycles. The first-order valence-corrected chi connectivity index (χ1v) is 6.51. The molecule has 3 N–H and O–H groups in total. The Balaban J connectivity index is 1.96. The average Bonchev–Trinajstić information content (AvgIpc) is 2.95. The fourth-order valence-corrected chi connectivity index (χ4v) is 2.05. The minimum atomic E-state index is -0.692. The summed E-state index contributed by atoms with van der Waals surface area (Å²) >= 11 is 0. The Morgan fingerprint density at radius 1 is 1.17 bits per heavy atom. The van der Waals surface area contributed by atoms with Crippen LogP contribution in [0, 0.1) is 17.1 Å². The molecule has 7 heteroatoms. The number of phenols is 2. The molecule has 0 amide bonds. The van der Waals surface area contributed by atoms with Crippen LogP contribution in [-0.2, 0) is 0 Å². The normalized spacial score (nSPS) is 10.3. The highest BCUT2D eigenvalue weighted by atomic mass is 19.1. The summed E-state index contributed by atoms with van der Waals surface area (Å²) in [5, 5.41) is 34.5. The summed E-state index contributed by atoms with van der Waals surface area (Å²) in [6, 6.07) is 9.65. The van der Waals surface area contributed by atoms with E-state index in [4.69, 9.17) is 10.00 Å². The topological polar surface area (TPSA) is 102 Å². The Morgan fingerprint density at radius 3 is 2.70 bits per heavy atom. The van der Waals surface area contributed by atoms with E-state index in [-0.39, 0.29) is 28.6 Å². The largest absolute Gasteiger partial charge is 0.508 e. The number of hydrogen-bond donors (Lipinski definition) is 3. The molecule has 3 aromatic rings. The van der Waals surface area contributed by atoms with Crippen molar-refractivity contribution in [3.05, 3.63) is 54.0 Å². The van der Waals surface area contributed by atoms with Crippen molar-refractivity contribution in [3.8, 4) is 40.3 Å². The monoisotopic (exact) mass is 311 g/mol. The number of hydrogen-bond acceptors (Lipinski definition) is 5. The molecule has 23 heavy (non-hydrogen) atoms. The molecular weight excluding hydrogens is 301 g/mol. The number of nitrogens with zero attached hydrogens (tertiary/aromatic N) is 2. The van der Waals surface area contributed by atoms with E-state index in [1.807, 2.05) is 0 Å². The van der Waals surface area contributed by atoms with Gasteiger partial charge in [0, 0.05) is 17.7 Å². The van der Waals surface area contributed by atoms with E-state index in [1.165, 1.54) is 36.5 Å². The molecule has 1 heterocycles. The van der Waals surface area contributed by atoms with Crippen LogP contribution in [0.1, 0.15) is 5.56 Å². The molecule has 1 aromatic heterocycles. The fraction of sp³-hybridized carbons (Fsp3) is 0. The number of phenolic OH excluding ortho intramolecular Hbond substituents is 2. The first-order chi connectivity index (χ1) is 11.1. The number of aromatic amines is 1. The molecule has 0 aliphatic rings. The molecule has 0 atom stereocenters. The van der Waals surface area contributed by atoms with E-state index in [1.54, 1.807) is 6.07 Å². The van der Waals surface area contributed by atoms with Crippen LogP contribution in [0.5, 0.6) is 23.0 Å². The molecule has 0 saturated carbocycles. The van der Waals surface area contributed by atoms with Crippen LogP contribution < -0.4 is 4.74 Å². The highest BCUT2D eigenvalue weighted by Crippen LogP contribution is 2.37. The van der Waals surface area contributed by atoms with Crippen molar-refractivity contribution in [3.63, 3.8) is 0 Å². The van der Waals surface area contributed by atoms with Gasteiger partial charge in [-0.2, -0.15) is 10.4 Å². The van der Waals surface area contributed by atoms with Crippen LogP contribution in [0.2, 0.25) is 0 Å². The fourth-order valence-electron chi connectivity index (χ4n) is 2.05. The van der Waals surface area contributed by atoms with Crippen LogP contribution >= 0.6 is 0 Å². The van der Waals surface area contributed by atoms with Crippen LogP contribution in [-0.4, -0.2) is 20.4 Å². The van der Waals surface area contributed by atoms with E-state index in [0.29, 0.717) is 11.3 Å². The van der Waals surface area contributed by atoms with Crippen LogP contribution in [0.3, 0.4) is 0 Å². The Morgan fingerprint density at radius 2 is 2.00 bits per heavy atom. The summed E-state index contributed by atoms with van der Waals surface area (Å²) in [7, 11) is 0. The minimum absolute atomic E-state index is 0.0811. The van der Waals surface area contributed by atoms with Crippen molar-refractivity contribution in [2.24, 2.45) is 0 Å². The van der Waals surface area contributed by atoms with Crippen molar-refractivity contribution in [2.45, 2.75) is 0 Å².